The molecule has 4 nitrogen and oxygen atoms in total. The van der Waals surface area contributed by atoms with Gasteiger partial charge in [0.15, 0.2) is 0 Å². The summed E-state index contributed by atoms with van der Waals surface area (Å²) in [4.78, 5) is 10.9. The Hall–Kier alpha value is -0.610. The molecule has 0 aromatic rings. The Labute approximate surface area is 77.3 Å². The van der Waals surface area contributed by atoms with Gasteiger partial charge in [-0.25, -0.2) is 0 Å². The van der Waals surface area contributed by atoms with Crippen molar-refractivity contribution >= 4 is 5.97 Å². The average molecular weight is 185 g/mol. The maximum Gasteiger partial charge on any atom is 0.308 e. The van der Waals surface area contributed by atoms with Crippen molar-refractivity contribution in [1.29, 1.82) is 0 Å². The number of nitrogens with one attached hydrogen (secondary N) is 1. The Kier molecular flexibility index (Phi) is 2.04. The fourth-order valence-corrected chi connectivity index (χ4v) is 2.70. The molecule has 3 atom stereocenters. The summed E-state index contributed by atoms with van der Waals surface area (Å²) in [6.45, 7) is 0.632. The summed E-state index contributed by atoms with van der Waals surface area (Å²) < 4.78 is 5.12. The molecule has 0 radical (unpaired) electrons. The Bertz CT molecular complexity index is 231. The van der Waals surface area contributed by atoms with Crippen molar-refractivity contribution in [3.8, 4) is 0 Å². The topological polar surface area (TPSA) is 58.6 Å². The molecule has 2 fully saturated rings. The highest BCUT2D eigenvalue weighted by molar-refractivity contribution is 5.72. The lowest BCUT2D eigenvalue weighted by Gasteiger charge is -2.26. The van der Waals surface area contributed by atoms with E-state index in [-0.39, 0.29) is 17.5 Å². The fourth-order valence-electron chi connectivity index (χ4n) is 2.70. The highest BCUT2D eigenvalue weighted by Crippen LogP contribution is 2.41. The molecule has 2 saturated heterocycles. The van der Waals surface area contributed by atoms with Crippen molar-refractivity contribution in [2.75, 3.05) is 13.7 Å². The zero-order chi connectivity index (χ0) is 9.47. The van der Waals surface area contributed by atoms with Crippen LogP contribution in [0.1, 0.15) is 19.3 Å². The number of methoxy groups -OCH3 is 1. The van der Waals surface area contributed by atoms with Crippen LogP contribution < -0.4 is 5.32 Å². The quantitative estimate of drug-likeness (QED) is 0.660. The van der Waals surface area contributed by atoms with E-state index in [1.807, 2.05) is 0 Å². The van der Waals surface area contributed by atoms with Crippen molar-refractivity contribution < 1.29 is 14.6 Å². The maximum absolute atomic E-state index is 10.9. The van der Waals surface area contributed by atoms with Crippen LogP contribution in [0.25, 0.3) is 0 Å². The van der Waals surface area contributed by atoms with Crippen LogP contribution in [0.4, 0.5) is 0 Å². The Morgan fingerprint density at radius 1 is 1.77 bits per heavy atom. The van der Waals surface area contributed by atoms with Gasteiger partial charge >= 0.3 is 5.97 Å². The van der Waals surface area contributed by atoms with E-state index >= 15 is 0 Å². The van der Waals surface area contributed by atoms with Crippen molar-refractivity contribution in [1.82, 2.24) is 5.32 Å². The lowest BCUT2D eigenvalue weighted by molar-refractivity contribution is -0.142. The molecule has 2 aliphatic heterocycles. The van der Waals surface area contributed by atoms with Crippen molar-refractivity contribution in [2.45, 2.75) is 30.8 Å². The summed E-state index contributed by atoms with van der Waals surface area (Å²) in [5.74, 6) is -0.876. The predicted molar refractivity (Wildman–Crippen MR) is 46.5 cm³/mol. The molecule has 0 aliphatic carbocycles. The number of fused-ring (bicyclic) bond motifs is 2. The second-order valence-electron chi connectivity index (χ2n) is 4.15. The lowest BCUT2D eigenvalue weighted by atomic mass is 9.81. The van der Waals surface area contributed by atoms with Crippen molar-refractivity contribution in [3.63, 3.8) is 0 Å². The first-order chi connectivity index (χ1) is 6.17. The molecule has 2 aliphatic rings. The molecule has 4 heteroatoms. The minimum atomic E-state index is -0.671. The summed E-state index contributed by atoms with van der Waals surface area (Å²) in [5.41, 5.74) is -0.0392. The first-order valence-corrected chi connectivity index (χ1v) is 4.66. The number of carbonyl (C=O) groups is 1. The monoisotopic (exact) mass is 185 g/mol. The molecule has 3 unspecified atom stereocenters. The SMILES string of the molecule is COCC12CCC(N1)C(C(=O)O)C2. The van der Waals surface area contributed by atoms with E-state index in [0.717, 1.165) is 19.3 Å². The van der Waals surface area contributed by atoms with Crippen LogP contribution >= 0.6 is 0 Å². The number of ether oxygens (including phenoxy) is 1. The standard InChI is InChI=1S/C9H15NO3/c1-13-5-9-3-2-7(10-9)6(4-9)8(11)12/h6-7,10H,2-5H2,1H3,(H,11,12). The van der Waals surface area contributed by atoms with Gasteiger partial charge in [-0.05, 0) is 19.3 Å². The van der Waals surface area contributed by atoms with Crippen LogP contribution in [-0.4, -0.2) is 36.4 Å². The lowest BCUT2D eigenvalue weighted by Crippen LogP contribution is -2.40. The molecule has 13 heavy (non-hydrogen) atoms. The fraction of sp³-hybridized carbons (Fsp3) is 0.889. The molecule has 0 spiro atoms. The number of carboxylic acids is 1. The second kappa shape index (κ2) is 2.96. The van der Waals surface area contributed by atoms with Crippen LogP contribution in [0, 0.1) is 5.92 Å². The molecule has 0 aromatic carbocycles. The molecule has 2 rings (SSSR count). The average Bonchev–Trinajstić information content (AvgIpc) is 2.61. The zero-order valence-corrected chi connectivity index (χ0v) is 7.75. The summed E-state index contributed by atoms with van der Waals surface area (Å²) in [6, 6.07) is 0.174. The highest BCUT2D eigenvalue weighted by atomic mass is 16.5. The van der Waals surface area contributed by atoms with Crippen LogP contribution in [0.5, 0.6) is 0 Å². The van der Waals surface area contributed by atoms with E-state index in [9.17, 15) is 4.79 Å². The van der Waals surface area contributed by atoms with Gasteiger partial charge in [0.2, 0.25) is 0 Å². The Morgan fingerprint density at radius 2 is 2.54 bits per heavy atom. The third-order valence-electron chi connectivity index (χ3n) is 3.26. The predicted octanol–water partition coefficient (Wildman–Crippen LogP) is 0.228. The third-order valence-corrected chi connectivity index (χ3v) is 3.26. The molecule has 2 bridgehead atoms. The molecular weight excluding hydrogens is 170 g/mol. The first kappa shape index (κ1) is 8.97. The van der Waals surface area contributed by atoms with Gasteiger partial charge in [0.05, 0.1) is 12.5 Å². The van der Waals surface area contributed by atoms with E-state index < -0.39 is 5.97 Å². The third kappa shape index (κ3) is 1.34. The smallest absolute Gasteiger partial charge is 0.308 e. The summed E-state index contributed by atoms with van der Waals surface area (Å²) in [6.07, 6.45) is 2.75. The maximum atomic E-state index is 10.9. The largest absolute Gasteiger partial charge is 0.481 e. The van der Waals surface area contributed by atoms with E-state index in [2.05, 4.69) is 5.32 Å². The van der Waals surface area contributed by atoms with Crippen LogP contribution in [0.2, 0.25) is 0 Å². The molecule has 0 aromatic heterocycles. The number of hydrogen-bond donors (Lipinski definition) is 2. The number of aliphatic carboxylic acids is 1. The number of hydrogen-bond acceptors (Lipinski definition) is 3. The molecule has 0 saturated carbocycles. The Morgan fingerprint density at radius 3 is 3.08 bits per heavy atom. The molecule has 2 heterocycles. The van der Waals surface area contributed by atoms with Gasteiger partial charge in [0.25, 0.3) is 0 Å². The number of rotatable bonds is 3. The van der Waals surface area contributed by atoms with Crippen LogP contribution in [0.3, 0.4) is 0 Å². The molecular formula is C9H15NO3. The minimum absolute atomic E-state index is 0.0392. The second-order valence-corrected chi connectivity index (χ2v) is 4.15. The summed E-state index contributed by atoms with van der Waals surface area (Å²) in [7, 11) is 1.66. The van der Waals surface area contributed by atoms with Gasteiger partial charge in [0, 0.05) is 18.7 Å². The van der Waals surface area contributed by atoms with Gasteiger partial charge in [-0.1, -0.05) is 0 Å². The highest BCUT2D eigenvalue weighted by Gasteiger charge is 2.52. The van der Waals surface area contributed by atoms with E-state index in [1.165, 1.54) is 0 Å². The summed E-state index contributed by atoms with van der Waals surface area (Å²) >= 11 is 0. The molecule has 0 amide bonds. The van der Waals surface area contributed by atoms with Gasteiger partial charge in [-0.3, -0.25) is 4.79 Å². The zero-order valence-electron chi connectivity index (χ0n) is 7.75. The van der Waals surface area contributed by atoms with Crippen molar-refractivity contribution in [2.24, 2.45) is 5.92 Å². The van der Waals surface area contributed by atoms with E-state index in [4.69, 9.17) is 9.84 Å². The molecule has 2 N–H and O–H groups in total. The Balaban J connectivity index is 2.08. The van der Waals surface area contributed by atoms with Crippen LogP contribution in [0.15, 0.2) is 0 Å². The normalized spacial score (nSPS) is 42.5. The van der Waals surface area contributed by atoms with Gasteiger partial charge in [-0.15, -0.1) is 0 Å². The van der Waals surface area contributed by atoms with Gasteiger partial charge < -0.3 is 15.2 Å². The first-order valence-electron chi connectivity index (χ1n) is 4.66. The van der Waals surface area contributed by atoms with Crippen LogP contribution in [-0.2, 0) is 9.53 Å². The van der Waals surface area contributed by atoms with Crippen molar-refractivity contribution in [3.05, 3.63) is 0 Å². The van der Waals surface area contributed by atoms with Gasteiger partial charge in [-0.2, -0.15) is 0 Å². The minimum Gasteiger partial charge on any atom is -0.481 e. The molecule has 74 valence electrons. The number of carboxylic acid groups (broad SMARTS) is 1. The van der Waals surface area contributed by atoms with Gasteiger partial charge in [0.1, 0.15) is 0 Å². The van der Waals surface area contributed by atoms with E-state index in [1.54, 1.807) is 7.11 Å². The van der Waals surface area contributed by atoms with E-state index in [0.29, 0.717) is 6.61 Å². The summed E-state index contributed by atoms with van der Waals surface area (Å²) in [5, 5.41) is 12.3.